The fourth-order valence-corrected chi connectivity index (χ4v) is 1.56. The molecule has 0 saturated heterocycles. The highest BCUT2D eigenvalue weighted by molar-refractivity contribution is 6.75. The van der Waals surface area contributed by atoms with Crippen molar-refractivity contribution in [3.63, 3.8) is 0 Å². The van der Waals surface area contributed by atoms with Gasteiger partial charge in [-0.25, -0.2) is 0 Å². The lowest BCUT2D eigenvalue weighted by Crippen LogP contribution is -2.16. The van der Waals surface area contributed by atoms with Gasteiger partial charge in [0.2, 0.25) is 0 Å². The van der Waals surface area contributed by atoms with Gasteiger partial charge in [0, 0.05) is 11.8 Å². The van der Waals surface area contributed by atoms with Gasteiger partial charge in [0.25, 0.3) is 0 Å². The van der Waals surface area contributed by atoms with Crippen LogP contribution in [0.4, 0.5) is 0 Å². The van der Waals surface area contributed by atoms with Crippen LogP contribution in [0.5, 0.6) is 5.75 Å². The topological polar surface area (TPSA) is 21.6 Å². The van der Waals surface area contributed by atoms with Crippen LogP contribution in [0.3, 0.4) is 0 Å². The van der Waals surface area contributed by atoms with Crippen molar-refractivity contribution in [1.29, 1.82) is 0 Å². The fourth-order valence-electron chi connectivity index (χ4n) is 1.04. The van der Waals surface area contributed by atoms with E-state index < -0.39 is 8.24 Å². The van der Waals surface area contributed by atoms with Crippen molar-refractivity contribution < 1.29 is 4.74 Å². The van der Waals surface area contributed by atoms with Gasteiger partial charge in [-0.1, -0.05) is 12.1 Å². The summed E-state index contributed by atoms with van der Waals surface area (Å²) >= 11 is 0. The number of benzene rings is 1. The van der Waals surface area contributed by atoms with Crippen molar-refractivity contribution in [3.05, 3.63) is 29.8 Å². The summed E-state index contributed by atoms with van der Waals surface area (Å²) in [6.45, 7) is 6.62. The van der Waals surface area contributed by atoms with Gasteiger partial charge in [0.05, 0.1) is 7.11 Å². The monoisotopic (exact) mass is 207 g/mol. The molecular formula is C11H17NOSi. The third-order valence-electron chi connectivity index (χ3n) is 1.73. The average molecular weight is 207 g/mol. The molecule has 2 nitrogen and oxygen atoms in total. The van der Waals surface area contributed by atoms with E-state index in [0.29, 0.717) is 0 Å². The number of rotatable bonds is 3. The van der Waals surface area contributed by atoms with Gasteiger partial charge in [0.15, 0.2) is 8.24 Å². The van der Waals surface area contributed by atoms with E-state index in [9.17, 15) is 0 Å². The van der Waals surface area contributed by atoms with E-state index in [1.54, 1.807) is 7.11 Å². The van der Waals surface area contributed by atoms with Crippen molar-refractivity contribution >= 4 is 14.5 Å². The van der Waals surface area contributed by atoms with E-state index in [1.165, 1.54) is 0 Å². The molecule has 0 bridgehead atoms. The second-order valence-corrected chi connectivity index (χ2v) is 8.77. The Hall–Kier alpha value is -1.09. The molecule has 0 aliphatic heterocycles. The van der Waals surface area contributed by atoms with Crippen molar-refractivity contribution in [3.8, 4) is 5.75 Å². The maximum atomic E-state index is 5.23. The molecule has 0 N–H and O–H groups in total. The van der Waals surface area contributed by atoms with Crippen LogP contribution in [-0.4, -0.2) is 21.6 Å². The van der Waals surface area contributed by atoms with E-state index >= 15 is 0 Å². The zero-order valence-electron chi connectivity index (χ0n) is 9.24. The first-order chi connectivity index (χ1) is 6.53. The Morgan fingerprint density at radius 2 is 1.86 bits per heavy atom. The van der Waals surface area contributed by atoms with Crippen LogP contribution in [0, 0.1) is 0 Å². The predicted octanol–water partition coefficient (Wildman–Crippen LogP) is 2.95. The molecule has 0 heterocycles. The van der Waals surface area contributed by atoms with Gasteiger partial charge in [-0.2, -0.15) is 0 Å². The number of methoxy groups -OCH3 is 1. The molecule has 3 heteroatoms. The maximum Gasteiger partial charge on any atom is 0.172 e. The molecule has 0 amide bonds. The normalized spacial score (nSPS) is 12.0. The second-order valence-electron chi connectivity index (χ2n) is 4.17. The summed E-state index contributed by atoms with van der Waals surface area (Å²) in [6.07, 6.45) is 1.92. The van der Waals surface area contributed by atoms with Crippen LogP contribution < -0.4 is 4.74 Å². The molecule has 0 fully saturated rings. The Bertz CT molecular complexity index is 328. The van der Waals surface area contributed by atoms with Crippen LogP contribution in [-0.2, 0) is 0 Å². The Morgan fingerprint density at radius 1 is 1.21 bits per heavy atom. The van der Waals surface area contributed by atoms with Crippen molar-refractivity contribution in [2.45, 2.75) is 19.6 Å². The van der Waals surface area contributed by atoms with Gasteiger partial charge >= 0.3 is 0 Å². The van der Waals surface area contributed by atoms with E-state index in [4.69, 9.17) is 4.74 Å². The van der Waals surface area contributed by atoms with E-state index in [-0.39, 0.29) is 0 Å². The molecule has 0 aliphatic carbocycles. The van der Waals surface area contributed by atoms with Crippen LogP contribution in [0.2, 0.25) is 19.6 Å². The van der Waals surface area contributed by atoms with Gasteiger partial charge in [-0.15, -0.1) is 0 Å². The first-order valence-corrected chi connectivity index (χ1v) is 8.16. The molecule has 0 aliphatic rings. The Labute approximate surface area is 86.7 Å². The summed E-state index contributed by atoms with van der Waals surface area (Å²) in [6, 6.07) is 7.92. The van der Waals surface area contributed by atoms with Crippen LogP contribution in [0.1, 0.15) is 5.56 Å². The lowest BCUT2D eigenvalue weighted by atomic mass is 10.2. The van der Waals surface area contributed by atoms with E-state index in [1.807, 2.05) is 30.5 Å². The van der Waals surface area contributed by atoms with Crippen LogP contribution >= 0.6 is 0 Å². The summed E-state index contributed by atoms with van der Waals surface area (Å²) in [5.41, 5.74) is 1.05. The molecule has 0 spiro atoms. The number of hydrogen-bond donors (Lipinski definition) is 0. The molecule has 1 rings (SSSR count). The van der Waals surface area contributed by atoms with Gasteiger partial charge in [0.1, 0.15) is 5.75 Å². The summed E-state index contributed by atoms with van der Waals surface area (Å²) in [5, 5.41) is 0. The second kappa shape index (κ2) is 4.42. The fraction of sp³-hybridized carbons (Fsp3) is 0.364. The Morgan fingerprint density at radius 3 is 2.43 bits per heavy atom. The summed E-state index contributed by atoms with van der Waals surface area (Å²) in [7, 11) is 0.320. The Balaban J connectivity index is 2.91. The maximum absolute atomic E-state index is 5.23. The number of nitrogens with zero attached hydrogens (tertiary/aromatic N) is 1. The first kappa shape index (κ1) is 11.0. The molecule has 1 aromatic carbocycles. The van der Waals surface area contributed by atoms with Crippen LogP contribution in [0.25, 0.3) is 0 Å². The number of para-hydroxylation sites is 1. The molecule has 0 unspecified atom stereocenters. The highest BCUT2D eigenvalue weighted by Gasteiger charge is 2.09. The largest absolute Gasteiger partial charge is 0.496 e. The molecule has 0 aromatic heterocycles. The smallest absolute Gasteiger partial charge is 0.172 e. The molecule has 0 saturated carbocycles. The standard InChI is InChI=1S/C11H17NOSi/c1-13-11-8-6-5-7-10(11)9-12-14(2,3)4/h5-9H,1-4H3/b12-9+. The first-order valence-electron chi connectivity index (χ1n) is 4.71. The van der Waals surface area contributed by atoms with E-state index in [2.05, 4.69) is 24.3 Å². The highest BCUT2D eigenvalue weighted by Crippen LogP contribution is 2.15. The highest BCUT2D eigenvalue weighted by atomic mass is 28.3. The lowest BCUT2D eigenvalue weighted by molar-refractivity contribution is 0.414. The van der Waals surface area contributed by atoms with Gasteiger partial charge < -0.3 is 9.39 Å². The quantitative estimate of drug-likeness (QED) is 0.551. The minimum atomic E-state index is -1.36. The molecular weight excluding hydrogens is 190 g/mol. The third-order valence-corrected chi connectivity index (χ3v) is 2.63. The third kappa shape index (κ3) is 3.34. The van der Waals surface area contributed by atoms with Crippen molar-refractivity contribution in [1.82, 2.24) is 0 Å². The lowest BCUT2D eigenvalue weighted by Gasteiger charge is -2.09. The SMILES string of the molecule is COc1ccccc1/C=N/[Si](C)(C)C. The molecule has 0 atom stereocenters. The average Bonchev–Trinajstić information content (AvgIpc) is 2.14. The molecule has 1 aromatic rings. The van der Waals surface area contributed by atoms with Gasteiger partial charge in [-0.3, -0.25) is 0 Å². The molecule has 0 radical (unpaired) electrons. The molecule has 76 valence electrons. The zero-order valence-corrected chi connectivity index (χ0v) is 10.2. The minimum Gasteiger partial charge on any atom is -0.496 e. The summed E-state index contributed by atoms with van der Waals surface area (Å²) < 4.78 is 9.80. The van der Waals surface area contributed by atoms with Crippen LogP contribution in [0.15, 0.2) is 28.9 Å². The number of hydrogen-bond acceptors (Lipinski definition) is 2. The van der Waals surface area contributed by atoms with E-state index in [0.717, 1.165) is 11.3 Å². The minimum absolute atomic E-state index is 0.884. The van der Waals surface area contributed by atoms with Gasteiger partial charge in [-0.05, 0) is 31.8 Å². The predicted molar refractivity (Wildman–Crippen MR) is 63.9 cm³/mol. The summed E-state index contributed by atoms with van der Waals surface area (Å²) in [5.74, 6) is 0.884. The van der Waals surface area contributed by atoms with Crippen molar-refractivity contribution in [2.75, 3.05) is 7.11 Å². The zero-order chi connectivity index (χ0) is 10.6. The summed E-state index contributed by atoms with van der Waals surface area (Å²) in [4.78, 5) is 0. The van der Waals surface area contributed by atoms with Crippen molar-refractivity contribution in [2.24, 2.45) is 4.66 Å². The number of ether oxygens (including phenoxy) is 1. The Kier molecular flexibility index (Phi) is 3.47. The molecule has 14 heavy (non-hydrogen) atoms.